The van der Waals surface area contributed by atoms with Crippen molar-refractivity contribution in [2.45, 2.75) is 13.8 Å². The molecular weight excluding hydrogens is 388 g/mol. The lowest BCUT2D eigenvalue weighted by Crippen LogP contribution is -2.09. The first-order valence-corrected chi connectivity index (χ1v) is 8.36. The van der Waals surface area contributed by atoms with Gasteiger partial charge in [-0.25, -0.2) is 0 Å². The average molecular weight is 405 g/mol. The molecule has 2 rings (SSSR count). The molecule has 7 heteroatoms. The zero-order valence-corrected chi connectivity index (χ0v) is 15.4. The number of rotatable bonds is 6. The van der Waals surface area contributed by atoms with Gasteiger partial charge in [-0.15, -0.1) is 0 Å². The second kappa shape index (κ2) is 8.43. The number of aryl methyl sites for hydroxylation is 1. The minimum atomic E-state index is -0.499. The van der Waals surface area contributed by atoms with Crippen LogP contribution in [0.15, 0.2) is 46.9 Å². The molecule has 0 aliphatic carbocycles. The molecule has 1 N–H and O–H groups in total. The quantitative estimate of drug-likeness (QED) is 0.429. The Morgan fingerprint density at radius 1 is 1.32 bits per heavy atom. The van der Waals surface area contributed by atoms with Gasteiger partial charge in [-0.2, -0.15) is 0 Å². The highest BCUT2D eigenvalue weighted by Crippen LogP contribution is 2.25. The Labute approximate surface area is 153 Å². The van der Waals surface area contributed by atoms with Crippen molar-refractivity contribution in [2.24, 2.45) is 0 Å². The zero-order valence-electron chi connectivity index (χ0n) is 13.8. The molecule has 25 heavy (non-hydrogen) atoms. The Bertz CT molecular complexity index is 834. The predicted molar refractivity (Wildman–Crippen MR) is 101 cm³/mol. The van der Waals surface area contributed by atoms with Crippen LogP contribution in [0, 0.1) is 17.0 Å². The third kappa shape index (κ3) is 5.15. The van der Waals surface area contributed by atoms with E-state index in [0.29, 0.717) is 18.0 Å². The van der Waals surface area contributed by atoms with E-state index < -0.39 is 4.92 Å². The Balaban J connectivity index is 2.18. The summed E-state index contributed by atoms with van der Waals surface area (Å²) in [5.74, 6) is 0.285. The molecular formula is C18H17BrN2O4. The van der Waals surface area contributed by atoms with Crippen LogP contribution in [0.5, 0.6) is 5.75 Å². The summed E-state index contributed by atoms with van der Waals surface area (Å²) in [4.78, 5) is 22.5. The van der Waals surface area contributed by atoms with Gasteiger partial charge in [-0.3, -0.25) is 14.9 Å². The van der Waals surface area contributed by atoms with Gasteiger partial charge in [0.2, 0.25) is 5.91 Å². The van der Waals surface area contributed by atoms with Gasteiger partial charge in [0.05, 0.1) is 17.2 Å². The number of nitro benzene ring substituents is 1. The zero-order chi connectivity index (χ0) is 18.4. The van der Waals surface area contributed by atoms with Crippen molar-refractivity contribution in [3.63, 3.8) is 0 Å². The van der Waals surface area contributed by atoms with Gasteiger partial charge in [0.25, 0.3) is 5.69 Å². The highest BCUT2D eigenvalue weighted by atomic mass is 79.9. The Kier molecular flexibility index (Phi) is 6.30. The third-order valence-electron chi connectivity index (χ3n) is 3.38. The second-order valence-corrected chi connectivity index (χ2v) is 6.11. The maximum Gasteiger partial charge on any atom is 0.271 e. The number of amides is 1. The first-order valence-electron chi connectivity index (χ1n) is 7.57. The maximum absolute atomic E-state index is 12.2. The van der Waals surface area contributed by atoms with Gasteiger partial charge in [0.15, 0.2) is 0 Å². The molecule has 2 aromatic rings. The topological polar surface area (TPSA) is 81.5 Å². The number of carbonyl (C=O) groups is 1. The Hall–Kier alpha value is -2.67. The lowest BCUT2D eigenvalue weighted by atomic mass is 10.1. The number of hydrogen-bond acceptors (Lipinski definition) is 4. The van der Waals surface area contributed by atoms with Crippen molar-refractivity contribution in [3.8, 4) is 5.75 Å². The lowest BCUT2D eigenvalue weighted by molar-refractivity contribution is -0.384. The molecule has 1 amide bonds. The fourth-order valence-electron chi connectivity index (χ4n) is 2.13. The largest absolute Gasteiger partial charge is 0.493 e. The number of nitro groups is 1. The maximum atomic E-state index is 12.2. The molecule has 0 aliphatic rings. The van der Waals surface area contributed by atoms with Crippen LogP contribution in [0.2, 0.25) is 0 Å². The highest BCUT2D eigenvalue weighted by molar-refractivity contribution is 9.10. The fraction of sp³-hybridized carbons (Fsp3) is 0.167. The van der Waals surface area contributed by atoms with Crippen molar-refractivity contribution < 1.29 is 14.5 Å². The van der Waals surface area contributed by atoms with Crippen LogP contribution in [0.25, 0.3) is 6.08 Å². The number of carbonyl (C=O) groups excluding carboxylic acids is 1. The van der Waals surface area contributed by atoms with E-state index >= 15 is 0 Å². The van der Waals surface area contributed by atoms with Gasteiger partial charge >= 0.3 is 0 Å². The number of non-ortho nitro benzene ring substituents is 1. The highest BCUT2D eigenvalue weighted by Gasteiger charge is 2.10. The molecule has 0 fully saturated rings. The standard InChI is InChI=1S/C18H17BrN2O4/c1-3-25-17-8-6-14(19)10-13(17)5-9-18(22)20-16-11-15(21(23)24)7-4-12(16)2/h4-11H,3H2,1-2H3,(H,20,22)/b9-5+. The predicted octanol–water partition coefficient (Wildman–Crippen LogP) is 4.72. The van der Waals surface area contributed by atoms with Gasteiger partial charge in [0, 0.05) is 28.2 Å². The molecule has 0 aliphatic heterocycles. The number of anilines is 1. The number of nitrogens with one attached hydrogen (secondary N) is 1. The Morgan fingerprint density at radius 2 is 2.08 bits per heavy atom. The van der Waals surface area contributed by atoms with E-state index in [-0.39, 0.29) is 11.6 Å². The van der Waals surface area contributed by atoms with Crippen LogP contribution in [-0.2, 0) is 4.79 Å². The summed E-state index contributed by atoms with van der Waals surface area (Å²) in [6.45, 7) is 4.17. The van der Waals surface area contributed by atoms with Crippen LogP contribution < -0.4 is 10.1 Å². The first kappa shape index (κ1) is 18.7. The minimum Gasteiger partial charge on any atom is -0.493 e. The summed E-state index contributed by atoms with van der Waals surface area (Å²) < 4.78 is 6.39. The molecule has 0 atom stereocenters. The van der Waals surface area contributed by atoms with E-state index in [4.69, 9.17) is 4.74 Å². The summed E-state index contributed by atoms with van der Waals surface area (Å²) >= 11 is 3.39. The first-order chi connectivity index (χ1) is 11.9. The van der Waals surface area contributed by atoms with Gasteiger partial charge in [-0.05, 0) is 43.7 Å². The van der Waals surface area contributed by atoms with Crippen molar-refractivity contribution in [3.05, 3.63) is 68.2 Å². The molecule has 6 nitrogen and oxygen atoms in total. The van der Waals surface area contributed by atoms with Crippen molar-refractivity contribution in [1.82, 2.24) is 0 Å². The normalized spacial score (nSPS) is 10.7. The van der Waals surface area contributed by atoms with E-state index in [2.05, 4.69) is 21.2 Å². The van der Waals surface area contributed by atoms with Crippen LogP contribution >= 0.6 is 15.9 Å². The van der Waals surface area contributed by atoms with Gasteiger partial charge in [0.1, 0.15) is 5.75 Å². The van der Waals surface area contributed by atoms with E-state index in [1.165, 1.54) is 18.2 Å². The molecule has 0 radical (unpaired) electrons. The summed E-state index contributed by atoms with van der Waals surface area (Å²) in [6, 6.07) is 9.85. The number of hydrogen-bond donors (Lipinski definition) is 1. The smallest absolute Gasteiger partial charge is 0.271 e. The van der Waals surface area contributed by atoms with E-state index in [1.807, 2.05) is 25.1 Å². The molecule has 0 bridgehead atoms. The molecule has 0 aromatic heterocycles. The van der Waals surface area contributed by atoms with Gasteiger partial charge < -0.3 is 10.1 Å². The molecule has 0 saturated carbocycles. The van der Waals surface area contributed by atoms with Crippen LogP contribution in [-0.4, -0.2) is 17.4 Å². The summed E-state index contributed by atoms with van der Waals surface area (Å²) in [5, 5.41) is 13.5. The molecule has 2 aromatic carbocycles. The summed E-state index contributed by atoms with van der Waals surface area (Å²) in [5.41, 5.74) is 1.82. The van der Waals surface area contributed by atoms with Crippen LogP contribution in [0.1, 0.15) is 18.1 Å². The fourth-order valence-corrected chi connectivity index (χ4v) is 2.51. The SMILES string of the molecule is CCOc1ccc(Br)cc1/C=C/C(=O)Nc1cc([N+](=O)[O-])ccc1C. The minimum absolute atomic E-state index is 0.0736. The Morgan fingerprint density at radius 3 is 2.76 bits per heavy atom. The van der Waals surface area contributed by atoms with E-state index in [0.717, 1.165) is 15.6 Å². The molecule has 0 spiro atoms. The lowest BCUT2D eigenvalue weighted by Gasteiger charge is -2.08. The second-order valence-electron chi connectivity index (χ2n) is 5.19. The number of halogens is 1. The van der Waals surface area contributed by atoms with E-state index in [1.54, 1.807) is 19.1 Å². The van der Waals surface area contributed by atoms with Gasteiger partial charge in [-0.1, -0.05) is 22.0 Å². The number of nitrogens with zero attached hydrogens (tertiary/aromatic N) is 1. The molecule has 130 valence electrons. The summed E-state index contributed by atoms with van der Waals surface area (Å²) in [6.07, 6.45) is 3.00. The molecule has 0 unspecified atom stereocenters. The molecule has 0 heterocycles. The van der Waals surface area contributed by atoms with Crippen molar-refractivity contribution >= 4 is 39.3 Å². The van der Waals surface area contributed by atoms with Crippen molar-refractivity contribution in [2.75, 3.05) is 11.9 Å². The van der Waals surface area contributed by atoms with Crippen LogP contribution in [0.4, 0.5) is 11.4 Å². The monoisotopic (exact) mass is 404 g/mol. The number of ether oxygens (including phenoxy) is 1. The van der Waals surface area contributed by atoms with Crippen LogP contribution in [0.3, 0.4) is 0 Å². The molecule has 0 saturated heterocycles. The number of benzene rings is 2. The van der Waals surface area contributed by atoms with Crippen molar-refractivity contribution in [1.29, 1.82) is 0 Å². The third-order valence-corrected chi connectivity index (χ3v) is 3.87. The summed E-state index contributed by atoms with van der Waals surface area (Å²) in [7, 11) is 0. The van der Waals surface area contributed by atoms with E-state index in [9.17, 15) is 14.9 Å². The average Bonchev–Trinajstić information content (AvgIpc) is 2.57.